The molecule has 0 bridgehead atoms. The van der Waals surface area contributed by atoms with E-state index in [2.05, 4.69) is 71.5 Å². The maximum Gasteiger partial charge on any atom is -0.00453 e. The van der Waals surface area contributed by atoms with Crippen LogP contribution in [0.3, 0.4) is 0 Å². The van der Waals surface area contributed by atoms with E-state index in [0.29, 0.717) is 5.92 Å². The minimum Gasteiger partial charge on any atom is -0.0984 e. The summed E-state index contributed by atoms with van der Waals surface area (Å²) < 4.78 is 0. The lowest BCUT2D eigenvalue weighted by Gasteiger charge is -2.16. The highest BCUT2D eigenvalue weighted by atomic mass is 14.1. The molecule has 0 heteroatoms. The second-order valence-corrected chi connectivity index (χ2v) is 4.86. The summed E-state index contributed by atoms with van der Waals surface area (Å²) in [5.74, 6) is 0.447. The van der Waals surface area contributed by atoms with Crippen LogP contribution in [-0.4, -0.2) is 0 Å². The molecule has 21 heavy (non-hydrogen) atoms. The van der Waals surface area contributed by atoms with E-state index in [-0.39, 0.29) is 7.43 Å². The fourth-order valence-electron chi connectivity index (χ4n) is 2.20. The van der Waals surface area contributed by atoms with Crippen molar-refractivity contribution in [3.05, 3.63) is 65.3 Å². The first-order valence-corrected chi connectivity index (χ1v) is 7.55. The fraction of sp³-hybridized carbons (Fsp3) is 0.429. The highest BCUT2D eigenvalue weighted by molar-refractivity contribution is 5.78. The quantitative estimate of drug-likeness (QED) is 0.407. The summed E-state index contributed by atoms with van der Waals surface area (Å²) in [6.45, 7) is 18.8. The van der Waals surface area contributed by atoms with Crippen molar-refractivity contribution < 1.29 is 0 Å². The molecule has 0 aliphatic carbocycles. The van der Waals surface area contributed by atoms with E-state index in [1.807, 2.05) is 19.9 Å². The average molecular weight is 287 g/mol. The third-order valence-electron chi connectivity index (χ3n) is 3.69. The summed E-state index contributed by atoms with van der Waals surface area (Å²) in [5, 5.41) is 0. The van der Waals surface area contributed by atoms with E-state index < -0.39 is 0 Å². The van der Waals surface area contributed by atoms with Gasteiger partial charge in [-0.3, -0.25) is 0 Å². The first-order chi connectivity index (χ1) is 9.52. The number of rotatable bonds is 4. The molecule has 0 aliphatic heterocycles. The SMILES string of the molecule is C.C=C/C(=C(/C)C(C)C=CC)c1cccc(C)c1C.CC. The van der Waals surface area contributed by atoms with Crippen LogP contribution in [0.25, 0.3) is 5.57 Å². The highest BCUT2D eigenvalue weighted by Gasteiger charge is 2.10. The van der Waals surface area contributed by atoms with Crippen molar-refractivity contribution in [2.75, 3.05) is 0 Å². The van der Waals surface area contributed by atoms with Crippen LogP contribution in [0.5, 0.6) is 0 Å². The van der Waals surface area contributed by atoms with Gasteiger partial charge in [0.05, 0.1) is 0 Å². The van der Waals surface area contributed by atoms with Crippen molar-refractivity contribution >= 4 is 5.57 Å². The normalized spacial score (nSPS) is 12.7. The van der Waals surface area contributed by atoms with Crippen LogP contribution in [0.2, 0.25) is 0 Å². The Labute approximate surface area is 133 Å². The third-order valence-corrected chi connectivity index (χ3v) is 3.69. The first-order valence-electron chi connectivity index (χ1n) is 7.55. The predicted octanol–water partition coefficient (Wildman–Crippen LogP) is 7.14. The zero-order chi connectivity index (χ0) is 15.7. The molecule has 0 saturated heterocycles. The summed E-state index contributed by atoms with van der Waals surface area (Å²) in [5.41, 5.74) is 6.62. The molecule has 118 valence electrons. The van der Waals surface area contributed by atoms with Gasteiger partial charge in [-0.15, -0.1) is 0 Å². The van der Waals surface area contributed by atoms with Gasteiger partial charge in [0.15, 0.2) is 0 Å². The molecule has 0 fully saturated rings. The number of benzene rings is 1. The molecule has 1 atom stereocenters. The van der Waals surface area contributed by atoms with Crippen LogP contribution in [0.1, 0.15) is 58.7 Å². The summed E-state index contributed by atoms with van der Waals surface area (Å²) >= 11 is 0. The molecule has 0 heterocycles. The number of allylic oxidation sites excluding steroid dienone is 5. The molecule has 0 aliphatic rings. The van der Waals surface area contributed by atoms with Crippen molar-refractivity contribution in [3.63, 3.8) is 0 Å². The summed E-state index contributed by atoms with van der Waals surface area (Å²) in [6, 6.07) is 6.46. The molecule has 0 radical (unpaired) electrons. The maximum absolute atomic E-state index is 3.99. The van der Waals surface area contributed by atoms with Crippen LogP contribution in [0.15, 0.2) is 48.6 Å². The Morgan fingerprint density at radius 1 is 1.19 bits per heavy atom. The third kappa shape index (κ3) is 5.75. The van der Waals surface area contributed by atoms with Crippen molar-refractivity contribution in [1.29, 1.82) is 0 Å². The molecular formula is C21H34. The molecule has 0 saturated carbocycles. The van der Waals surface area contributed by atoms with Crippen LogP contribution in [0.4, 0.5) is 0 Å². The molecule has 1 aromatic carbocycles. The smallest absolute Gasteiger partial charge is 0.00453 e. The van der Waals surface area contributed by atoms with E-state index in [4.69, 9.17) is 0 Å². The summed E-state index contributed by atoms with van der Waals surface area (Å²) in [7, 11) is 0. The second-order valence-electron chi connectivity index (χ2n) is 4.86. The zero-order valence-corrected chi connectivity index (χ0v) is 14.2. The predicted molar refractivity (Wildman–Crippen MR) is 101 cm³/mol. The average Bonchev–Trinajstić information content (AvgIpc) is 2.46. The minimum absolute atomic E-state index is 0. The van der Waals surface area contributed by atoms with E-state index in [1.165, 1.54) is 27.8 Å². The van der Waals surface area contributed by atoms with E-state index in [0.717, 1.165) is 0 Å². The van der Waals surface area contributed by atoms with Crippen molar-refractivity contribution in [2.24, 2.45) is 5.92 Å². The van der Waals surface area contributed by atoms with Gasteiger partial charge in [-0.25, -0.2) is 0 Å². The molecule has 0 nitrogen and oxygen atoms in total. The van der Waals surface area contributed by atoms with Crippen LogP contribution in [0, 0.1) is 19.8 Å². The van der Waals surface area contributed by atoms with Gasteiger partial charge in [0, 0.05) is 0 Å². The van der Waals surface area contributed by atoms with Crippen molar-refractivity contribution in [1.82, 2.24) is 0 Å². The van der Waals surface area contributed by atoms with Gasteiger partial charge in [-0.1, -0.05) is 76.8 Å². The van der Waals surface area contributed by atoms with Gasteiger partial charge in [-0.05, 0) is 55.9 Å². The van der Waals surface area contributed by atoms with Crippen LogP contribution in [-0.2, 0) is 0 Å². The van der Waals surface area contributed by atoms with E-state index in [9.17, 15) is 0 Å². The molecule has 0 N–H and O–H groups in total. The monoisotopic (exact) mass is 286 g/mol. The lowest BCUT2D eigenvalue weighted by Crippen LogP contribution is -1.98. The summed E-state index contributed by atoms with van der Waals surface area (Å²) in [6.07, 6.45) is 6.32. The topological polar surface area (TPSA) is 0 Å². The van der Waals surface area contributed by atoms with Crippen LogP contribution < -0.4 is 0 Å². The Morgan fingerprint density at radius 3 is 2.24 bits per heavy atom. The largest absolute Gasteiger partial charge is 0.0984 e. The number of hydrogen-bond acceptors (Lipinski definition) is 0. The van der Waals surface area contributed by atoms with Gasteiger partial charge in [0.25, 0.3) is 0 Å². The molecule has 0 aromatic heterocycles. The van der Waals surface area contributed by atoms with Gasteiger partial charge in [0.1, 0.15) is 0 Å². The Kier molecular flexibility index (Phi) is 11.5. The van der Waals surface area contributed by atoms with E-state index >= 15 is 0 Å². The minimum atomic E-state index is 0. The van der Waals surface area contributed by atoms with Gasteiger partial charge in [-0.2, -0.15) is 0 Å². The van der Waals surface area contributed by atoms with Crippen molar-refractivity contribution in [2.45, 2.75) is 55.9 Å². The zero-order valence-electron chi connectivity index (χ0n) is 14.2. The number of hydrogen-bond donors (Lipinski definition) is 0. The number of aryl methyl sites for hydroxylation is 1. The van der Waals surface area contributed by atoms with Crippen molar-refractivity contribution in [3.8, 4) is 0 Å². The summed E-state index contributed by atoms with van der Waals surface area (Å²) in [4.78, 5) is 0. The second kappa shape index (κ2) is 11.1. The molecule has 0 amide bonds. The molecular weight excluding hydrogens is 252 g/mol. The molecule has 1 unspecified atom stereocenters. The van der Waals surface area contributed by atoms with E-state index in [1.54, 1.807) is 0 Å². The van der Waals surface area contributed by atoms with Gasteiger partial charge < -0.3 is 0 Å². The lowest BCUT2D eigenvalue weighted by molar-refractivity contribution is 0.865. The first kappa shape index (κ1) is 21.7. The maximum atomic E-state index is 3.99. The molecule has 0 spiro atoms. The Hall–Kier alpha value is -1.56. The fourth-order valence-corrected chi connectivity index (χ4v) is 2.20. The highest BCUT2D eigenvalue weighted by Crippen LogP contribution is 2.28. The van der Waals surface area contributed by atoms with Gasteiger partial charge in [0.2, 0.25) is 0 Å². The molecule has 1 aromatic rings. The molecule has 1 rings (SSSR count). The Bertz CT molecular complexity index is 487. The Morgan fingerprint density at radius 2 is 1.76 bits per heavy atom. The Balaban J connectivity index is 0. The standard InChI is InChI=1S/C18H24.C2H6.CH4/c1-7-10-13(3)15(5)17(8-2)18-12-9-11-14(4)16(18)6;1-2;/h7-13H,2H2,1,3-6H3;1-2H3;1H4/b10-7?,17-15+;;. The lowest BCUT2D eigenvalue weighted by atomic mass is 9.89. The van der Waals surface area contributed by atoms with Crippen LogP contribution >= 0.6 is 0 Å². The van der Waals surface area contributed by atoms with Gasteiger partial charge >= 0.3 is 0 Å².